The molecule has 2 aromatic rings. The van der Waals surface area contributed by atoms with E-state index in [1.54, 1.807) is 35.0 Å². The highest BCUT2D eigenvalue weighted by molar-refractivity contribution is 6.39. The van der Waals surface area contributed by atoms with Crippen molar-refractivity contribution in [3.05, 3.63) is 69.3 Å². The molecule has 8 nitrogen and oxygen atoms in total. The van der Waals surface area contributed by atoms with Crippen LogP contribution in [-0.2, 0) is 26.2 Å². The van der Waals surface area contributed by atoms with Gasteiger partial charge < -0.3 is 14.4 Å². The number of rotatable bonds is 7. The maximum absolute atomic E-state index is 12.9. The normalized spacial score (nSPS) is 15.3. The Morgan fingerprint density at radius 1 is 1.21 bits per heavy atom. The van der Waals surface area contributed by atoms with Crippen LogP contribution in [0.15, 0.2) is 58.2 Å². The molecule has 0 atom stereocenters. The number of fused-ring (bicyclic) bond motifs is 1. The van der Waals surface area contributed by atoms with Crippen molar-refractivity contribution in [2.45, 2.75) is 52.2 Å². The number of para-hydroxylation sites is 1. The van der Waals surface area contributed by atoms with Crippen molar-refractivity contribution in [3.63, 3.8) is 0 Å². The fourth-order valence-electron chi connectivity index (χ4n) is 4.36. The third-order valence-electron chi connectivity index (χ3n) is 6.19. The maximum Gasteiger partial charge on any atom is 0.411 e. The number of nitrogens with zero attached hydrogens (tertiary/aromatic N) is 4. The monoisotopic (exact) mass is 572 g/mol. The van der Waals surface area contributed by atoms with Gasteiger partial charge in [0.1, 0.15) is 5.60 Å². The smallest absolute Gasteiger partial charge is 0.411 e. The molecule has 0 saturated heterocycles. The van der Waals surface area contributed by atoms with E-state index in [-0.39, 0.29) is 24.3 Å². The zero-order valence-electron chi connectivity index (χ0n) is 23.1. The molecule has 0 bridgehead atoms. The minimum absolute atomic E-state index is 0.00737. The summed E-state index contributed by atoms with van der Waals surface area (Å²) >= 11 is 12.7. The van der Waals surface area contributed by atoms with E-state index in [1.165, 1.54) is 6.20 Å². The molecule has 0 aliphatic carbocycles. The van der Waals surface area contributed by atoms with Gasteiger partial charge in [-0.05, 0) is 83.1 Å². The van der Waals surface area contributed by atoms with Crippen LogP contribution in [0.3, 0.4) is 0 Å². The van der Waals surface area contributed by atoms with E-state index in [9.17, 15) is 9.59 Å². The zero-order valence-corrected chi connectivity index (χ0v) is 24.6. The van der Waals surface area contributed by atoms with Gasteiger partial charge in [-0.1, -0.05) is 35.3 Å². The van der Waals surface area contributed by atoms with Gasteiger partial charge in [-0.2, -0.15) is 0 Å². The highest BCUT2D eigenvalue weighted by atomic mass is 35.5. The molecule has 0 aromatic heterocycles. The second-order valence-electron chi connectivity index (χ2n) is 10.6. The van der Waals surface area contributed by atoms with E-state index in [1.807, 2.05) is 52.8 Å². The summed E-state index contributed by atoms with van der Waals surface area (Å²) in [6.07, 6.45) is 2.16. The molecule has 39 heavy (non-hydrogen) atoms. The lowest BCUT2D eigenvalue weighted by Crippen LogP contribution is -2.51. The number of carbonyl (C=O) groups excluding carboxylic acids is 2. The van der Waals surface area contributed by atoms with Gasteiger partial charge in [0, 0.05) is 19.8 Å². The molecule has 1 aliphatic heterocycles. The van der Waals surface area contributed by atoms with Crippen LogP contribution in [-0.4, -0.2) is 55.8 Å². The van der Waals surface area contributed by atoms with E-state index in [4.69, 9.17) is 32.7 Å². The van der Waals surface area contributed by atoms with E-state index >= 15 is 0 Å². The first kappa shape index (κ1) is 30.2. The Morgan fingerprint density at radius 3 is 2.46 bits per heavy atom. The van der Waals surface area contributed by atoms with Crippen molar-refractivity contribution in [1.29, 1.82) is 0 Å². The summed E-state index contributed by atoms with van der Waals surface area (Å²) in [5, 5.41) is 0.924. The van der Waals surface area contributed by atoms with E-state index in [0.717, 1.165) is 11.1 Å². The van der Waals surface area contributed by atoms with Gasteiger partial charge in [-0.3, -0.25) is 14.7 Å². The van der Waals surface area contributed by atoms with Crippen LogP contribution in [0.25, 0.3) is 0 Å². The van der Waals surface area contributed by atoms with Crippen LogP contribution in [0, 0.1) is 0 Å². The fraction of sp³-hybridized carbons (Fsp3) is 0.379. The number of aliphatic imine (C=N–C) groups is 2. The summed E-state index contributed by atoms with van der Waals surface area (Å²) < 4.78 is 11.6. The molecular weight excluding hydrogens is 539 g/mol. The molecule has 0 saturated carbocycles. The van der Waals surface area contributed by atoms with Crippen LogP contribution >= 0.6 is 23.2 Å². The van der Waals surface area contributed by atoms with Gasteiger partial charge in [-0.15, -0.1) is 0 Å². The minimum Gasteiger partial charge on any atom is -0.456 e. The third-order valence-corrected chi connectivity index (χ3v) is 6.80. The Hall–Kier alpha value is -3.36. The molecule has 10 heteroatoms. The van der Waals surface area contributed by atoms with Crippen LogP contribution in [0.5, 0.6) is 0 Å². The molecule has 0 spiro atoms. The lowest BCUT2D eigenvalue weighted by Gasteiger charge is -2.44. The first-order valence-electron chi connectivity index (χ1n) is 12.4. The van der Waals surface area contributed by atoms with Crippen molar-refractivity contribution in [2.75, 3.05) is 25.2 Å². The number of benzene rings is 2. The summed E-state index contributed by atoms with van der Waals surface area (Å²) in [7, 11) is 1.76. The number of carbonyl (C=O) groups is 2. The standard InChI is InChI=1S/C29H34Cl2N4O4/c1-28(2,3)39-27(37)35-14-13-19-15-21(11-12-22(19)29(35,4)5)33-26(20(17-36)16-32-6)38-18-34(7)25-23(30)9-8-10-24(25)31/h8-12,15-17H,6,13-14,18H2,1-5,7H3/b20-16-,33-26?. The molecule has 208 valence electrons. The second kappa shape index (κ2) is 12.2. The van der Waals surface area contributed by atoms with Gasteiger partial charge in [0.2, 0.25) is 5.90 Å². The summed E-state index contributed by atoms with van der Waals surface area (Å²) in [6, 6.07) is 10.9. The Labute approximate surface area is 239 Å². The average molecular weight is 574 g/mol. The summed E-state index contributed by atoms with van der Waals surface area (Å²) in [4.78, 5) is 36.5. The number of aldehydes is 1. The predicted octanol–water partition coefficient (Wildman–Crippen LogP) is 6.95. The van der Waals surface area contributed by atoms with Crippen molar-refractivity contribution in [1.82, 2.24) is 4.90 Å². The first-order valence-corrected chi connectivity index (χ1v) is 13.2. The number of halogens is 2. The number of hydrogen-bond acceptors (Lipinski definition) is 7. The van der Waals surface area contributed by atoms with Crippen LogP contribution < -0.4 is 4.90 Å². The summed E-state index contributed by atoms with van der Waals surface area (Å²) in [5.41, 5.74) is 2.15. The van der Waals surface area contributed by atoms with Gasteiger partial charge in [0.25, 0.3) is 0 Å². The number of amides is 1. The Kier molecular flexibility index (Phi) is 9.46. The molecule has 0 unspecified atom stereocenters. The summed E-state index contributed by atoms with van der Waals surface area (Å²) in [6.45, 7) is 13.5. The highest BCUT2D eigenvalue weighted by Crippen LogP contribution is 2.38. The topological polar surface area (TPSA) is 83.8 Å². The summed E-state index contributed by atoms with van der Waals surface area (Å²) in [5.74, 6) is 0.0674. The quantitative estimate of drug-likeness (QED) is 0.118. The third kappa shape index (κ3) is 7.19. The van der Waals surface area contributed by atoms with E-state index in [0.29, 0.717) is 40.7 Å². The number of hydrogen-bond donors (Lipinski definition) is 0. The van der Waals surface area contributed by atoms with Crippen LogP contribution in [0.4, 0.5) is 16.2 Å². The van der Waals surface area contributed by atoms with Gasteiger partial charge in [0.15, 0.2) is 13.0 Å². The molecule has 1 heterocycles. The van der Waals surface area contributed by atoms with Crippen molar-refractivity contribution < 1.29 is 19.1 Å². The number of ether oxygens (including phenoxy) is 2. The van der Waals surface area contributed by atoms with Crippen molar-refractivity contribution in [3.8, 4) is 0 Å². The van der Waals surface area contributed by atoms with Gasteiger partial charge in [-0.25, -0.2) is 9.79 Å². The molecule has 0 radical (unpaired) electrons. The first-order chi connectivity index (χ1) is 18.3. The van der Waals surface area contributed by atoms with Crippen LogP contribution in [0.1, 0.15) is 45.7 Å². The van der Waals surface area contributed by atoms with Crippen LogP contribution in [0.2, 0.25) is 10.0 Å². The average Bonchev–Trinajstić information content (AvgIpc) is 2.83. The predicted molar refractivity (Wildman–Crippen MR) is 158 cm³/mol. The lowest BCUT2D eigenvalue weighted by atomic mass is 9.83. The lowest BCUT2D eigenvalue weighted by molar-refractivity contribution is -0.104. The molecule has 0 fully saturated rings. The largest absolute Gasteiger partial charge is 0.456 e. The number of anilines is 1. The van der Waals surface area contributed by atoms with E-state index < -0.39 is 11.1 Å². The molecule has 2 aromatic carbocycles. The van der Waals surface area contributed by atoms with Gasteiger partial charge >= 0.3 is 6.09 Å². The molecule has 3 rings (SSSR count). The molecule has 1 aliphatic rings. The SMILES string of the molecule is C=N/C=C(/C=O)C(=Nc1ccc2c(c1)CCN(C(=O)OC(C)(C)C)C2(C)C)OCN(C)c1c(Cl)cccc1Cl. The Bertz CT molecular complexity index is 1290. The maximum atomic E-state index is 12.9. The fourth-order valence-corrected chi connectivity index (χ4v) is 5.04. The highest BCUT2D eigenvalue weighted by Gasteiger charge is 2.39. The minimum atomic E-state index is -0.588. The zero-order chi connectivity index (χ0) is 29.0. The Balaban J connectivity index is 1.91. The molecule has 1 amide bonds. The second-order valence-corrected chi connectivity index (χ2v) is 11.4. The molecular formula is C29H34Cl2N4O4. The van der Waals surface area contributed by atoms with Crippen molar-refractivity contribution >= 4 is 59.6 Å². The molecule has 0 N–H and O–H groups in total. The van der Waals surface area contributed by atoms with Crippen molar-refractivity contribution in [2.24, 2.45) is 9.98 Å². The van der Waals surface area contributed by atoms with E-state index in [2.05, 4.69) is 16.7 Å². The Morgan fingerprint density at radius 2 is 1.87 bits per heavy atom. The van der Waals surface area contributed by atoms with Gasteiger partial charge in [0.05, 0.1) is 32.5 Å².